The Morgan fingerprint density at radius 1 is 1.12 bits per heavy atom. The summed E-state index contributed by atoms with van der Waals surface area (Å²) in [6.45, 7) is 8.91. The van der Waals surface area contributed by atoms with Crippen molar-refractivity contribution in [3.8, 4) is 0 Å². The fraction of sp³-hybridized carbons (Fsp3) is 0.467. The van der Waals surface area contributed by atoms with Crippen LogP contribution in [0, 0.1) is 6.92 Å². The molecule has 0 atom stereocenters. The number of sulfonamides is 1. The Labute approximate surface area is 146 Å². The van der Waals surface area contributed by atoms with Gasteiger partial charge in [-0.15, -0.1) is 21.5 Å². The highest BCUT2D eigenvalue weighted by Crippen LogP contribution is 2.23. The van der Waals surface area contributed by atoms with Crippen LogP contribution < -0.4 is 9.62 Å². The summed E-state index contributed by atoms with van der Waals surface area (Å²) in [4.78, 5) is 5.50. The highest BCUT2D eigenvalue weighted by atomic mass is 32.2. The summed E-state index contributed by atoms with van der Waals surface area (Å²) in [5.74, 6) is 1.01. The highest BCUT2D eigenvalue weighted by Gasteiger charge is 2.19. The summed E-state index contributed by atoms with van der Waals surface area (Å²) in [5.41, 5.74) is 0. The molecule has 0 aliphatic carbocycles. The molecule has 24 heavy (non-hydrogen) atoms. The van der Waals surface area contributed by atoms with Crippen LogP contribution in [-0.2, 0) is 10.0 Å². The summed E-state index contributed by atoms with van der Waals surface area (Å²) in [6, 6.07) is 6.85. The third-order valence-electron chi connectivity index (χ3n) is 4.01. The quantitative estimate of drug-likeness (QED) is 0.868. The van der Waals surface area contributed by atoms with Crippen molar-refractivity contribution >= 4 is 33.0 Å². The number of hydrogen-bond acceptors (Lipinski definition) is 7. The predicted octanol–water partition coefficient (Wildman–Crippen LogP) is 1.79. The minimum Gasteiger partial charge on any atom is -0.353 e. The molecule has 130 valence electrons. The number of anilines is 2. The van der Waals surface area contributed by atoms with Crippen LogP contribution >= 0.6 is 11.3 Å². The molecule has 1 aliphatic heterocycles. The van der Waals surface area contributed by atoms with E-state index in [-0.39, 0.29) is 10.0 Å². The van der Waals surface area contributed by atoms with Crippen molar-refractivity contribution in [2.75, 3.05) is 42.3 Å². The van der Waals surface area contributed by atoms with Crippen LogP contribution in [0.2, 0.25) is 0 Å². The average molecular weight is 368 g/mol. The van der Waals surface area contributed by atoms with Crippen molar-refractivity contribution in [1.82, 2.24) is 15.1 Å². The number of likely N-dealkylation sites (N-methyl/N-ethyl adjacent to an activating group) is 1. The van der Waals surface area contributed by atoms with Crippen LogP contribution in [0.3, 0.4) is 0 Å². The molecule has 0 aromatic carbocycles. The van der Waals surface area contributed by atoms with Crippen LogP contribution in [0.4, 0.5) is 11.6 Å². The monoisotopic (exact) mass is 367 g/mol. The molecule has 9 heteroatoms. The molecule has 0 saturated carbocycles. The lowest BCUT2D eigenvalue weighted by atomic mass is 10.3. The topological polar surface area (TPSA) is 78.4 Å². The average Bonchev–Trinajstić information content (AvgIpc) is 3.03. The van der Waals surface area contributed by atoms with Crippen molar-refractivity contribution in [3.05, 3.63) is 29.1 Å². The Hall–Kier alpha value is -1.71. The summed E-state index contributed by atoms with van der Waals surface area (Å²) in [5, 5.41) is 8.19. The molecule has 7 nitrogen and oxygen atoms in total. The lowest BCUT2D eigenvalue weighted by Crippen LogP contribution is -2.46. The molecule has 1 fully saturated rings. The van der Waals surface area contributed by atoms with Gasteiger partial charge in [-0.1, -0.05) is 6.92 Å². The molecule has 0 spiro atoms. The molecule has 0 amide bonds. The van der Waals surface area contributed by atoms with E-state index in [1.165, 1.54) is 11.3 Å². The molecule has 2 aromatic heterocycles. The number of aryl methyl sites for hydroxylation is 1. The zero-order valence-electron chi connectivity index (χ0n) is 13.8. The Morgan fingerprint density at radius 2 is 1.88 bits per heavy atom. The molecule has 0 unspecified atom stereocenters. The standard InChI is InChI=1S/C15H21N5O2S2/c1-3-19-8-10-20(11-9-19)14-6-5-13(16-17-14)18-24(21,22)15-7-4-12(2)23-15/h4-7H,3,8-11H2,1-2H3,(H,16,18). The van der Waals surface area contributed by atoms with E-state index in [4.69, 9.17) is 0 Å². The number of nitrogens with zero attached hydrogens (tertiary/aromatic N) is 4. The van der Waals surface area contributed by atoms with Gasteiger partial charge in [-0.05, 0) is 37.7 Å². The van der Waals surface area contributed by atoms with Crippen LogP contribution in [0.5, 0.6) is 0 Å². The van der Waals surface area contributed by atoms with Crippen LogP contribution in [-0.4, -0.2) is 56.2 Å². The minimum absolute atomic E-state index is 0.233. The first-order valence-electron chi connectivity index (χ1n) is 7.88. The smallest absolute Gasteiger partial charge is 0.272 e. The number of thiophene rings is 1. The Kier molecular flexibility index (Phi) is 5.02. The fourth-order valence-corrected chi connectivity index (χ4v) is 4.87. The van der Waals surface area contributed by atoms with E-state index < -0.39 is 10.0 Å². The highest BCUT2D eigenvalue weighted by molar-refractivity contribution is 7.94. The SMILES string of the molecule is CCN1CCN(c2ccc(NS(=O)(=O)c3ccc(C)s3)nn2)CC1. The van der Waals surface area contributed by atoms with E-state index in [2.05, 4.69) is 31.6 Å². The summed E-state index contributed by atoms with van der Waals surface area (Å²) in [6.07, 6.45) is 0. The van der Waals surface area contributed by atoms with E-state index in [0.717, 1.165) is 43.4 Å². The fourth-order valence-electron chi connectivity index (χ4n) is 2.59. The van der Waals surface area contributed by atoms with Gasteiger partial charge in [-0.2, -0.15) is 0 Å². The number of piperazine rings is 1. The van der Waals surface area contributed by atoms with Crippen molar-refractivity contribution in [2.24, 2.45) is 0 Å². The van der Waals surface area contributed by atoms with Gasteiger partial charge < -0.3 is 9.80 Å². The Balaban J connectivity index is 1.67. The van der Waals surface area contributed by atoms with Gasteiger partial charge >= 0.3 is 0 Å². The summed E-state index contributed by atoms with van der Waals surface area (Å²) < 4.78 is 27.3. The lowest BCUT2D eigenvalue weighted by molar-refractivity contribution is 0.270. The molecule has 1 saturated heterocycles. The van der Waals surface area contributed by atoms with Crippen molar-refractivity contribution in [1.29, 1.82) is 0 Å². The summed E-state index contributed by atoms with van der Waals surface area (Å²) in [7, 11) is -3.60. The van der Waals surface area contributed by atoms with Gasteiger partial charge in [-0.3, -0.25) is 4.72 Å². The second-order valence-electron chi connectivity index (χ2n) is 5.67. The Morgan fingerprint density at radius 3 is 2.42 bits per heavy atom. The molecular formula is C15H21N5O2S2. The van der Waals surface area contributed by atoms with Gasteiger partial charge in [0.1, 0.15) is 4.21 Å². The van der Waals surface area contributed by atoms with Crippen molar-refractivity contribution in [2.45, 2.75) is 18.1 Å². The van der Waals surface area contributed by atoms with Gasteiger partial charge in [0.15, 0.2) is 11.6 Å². The third-order valence-corrected chi connectivity index (χ3v) is 6.86. The first kappa shape index (κ1) is 17.1. The maximum absolute atomic E-state index is 12.3. The van der Waals surface area contributed by atoms with Crippen LogP contribution in [0.25, 0.3) is 0 Å². The maximum Gasteiger partial charge on any atom is 0.272 e. The van der Waals surface area contributed by atoms with Gasteiger partial charge in [0.2, 0.25) is 0 Å². The molecule has 2 aromatic rings. The number of nitrogens with one attached hydrogen (secondary N) is 1. The zero-order valence-corrected chi connectivity index (χ0v) is 15.4. The second-order valence-corrected chi connectivity index (χ2v) is 8.87. The van der Waals surface area contributed by atoms with E-state index in [1.807, 2.05) is 13.0 Å². The molecule has 0 radical (unpaired) electrons. The minimum atomic E-state index is -3.60. The van der Waals surface area contributed by atoms with E-state index in [9.17, 15) is 8.42 Å². The van der Waals surface area contributed by atoms with Crippen LogP contribution in [0.15, 0.2) is 28.5 Å². The number of aromatic nitrogens is 2. The molecular weight excluding hydrogens is 346 g/mol. The van der Waals surface area contributed by atoms with Gasteiger partial charge in [0, 0.05) is 31.1 Å². The van der Waals surface area contributed by atoms with Crippen molar-refractivity contribution in [3.63, 3.8) is 0 Å². The molecule has 0 bridgehead atoms. The predicted molar refractivity (Wildman–Crippen MR) is 96.2 cm³/mol. The van der Waals surface area contributed by atoms with E-state index in [0.29, 0.717) is 0 Å². The normalized spacial score (nSPS) is 16.3. The first-order chi connectivity index (χ1) is 11.5. The number of hydrogen-bond donors (Lipinski definition) is 1. The van der Waals surface area contributed by atoms with Gasteiger partial charge in [-0.25, -0.2) is 8.42 Å². The molecule has 3 rings (SSSR count). The summed E-state index contributed by atoms with van der Waals surface area (Å²) >= 11 is 1.23. The van der Waals surface area contributed by atoms with Crippen molar-refractivity contribution < 1.29 is 8.42 Å². The van der Waals surface area contributed by atoms with Gasteiger partial charge in [0.25, 0.3) is 10.0 Å². The molecule has 1 aliphatic rings. The van der Waals surface area contributed by atoms with Crippen LogP contribution in [0.1, 0.15) is 11.8 Å². The zero-order chi connectivity index (χ0) is 17.2. The molecule has 1 N–H and O–H groups in total. The second kappa shape index (κ2) is 7.04. The molecule has 3 heterocycles. The lowest BCUT2D eigenvalue weighted by Gasteiger charge is -2.34. The van der Waals surface area contributed by atoms with E-state index >= 15 is 0 Å². The van der Waals surface area contributed by atoms with Gasteiger partial charge in [0.05, 0.1) is 0 Å². The van der Waals surface area contributed by atoms with E-state index in [1.54, 1.807) is 18.2 Å². The third kappa shape index (κ3) is 3.85. The first-order valence-corrected chi connectivity index (χ1v) is 10.2. The largest absolute Gasteiger partial charge is 0.353 e. The Bertz CT molecular complexity index is 780. The number of rotatable bonds is 5. The maximum atomic E-state index is 12.3.